The van der Waals surface area contributed by atoms with E-state index in [9.17, 15) is 12.8 Å². The second-order valence-corrected chi connectivity index (χ2v) is 9.32. The maximum Gasteiger partial charge on any atom is 0.181 e. The van der Waals surface area contributed by atoms with Gasteiger partial charge in [-0.15, -0.1) is 0 Å². The molecule has 0 aliphatic heterocycles. The Labute approximate surface area is 150 Å². The molecule has 2 unspecified atom stereocenters. The van der Waals surface area contributed by atoms with E-state index in [-0.39, 0.29) is 11.1 Å². The zero-order valence-corrected chi connectivity index (χ0v) is 15.4. The van der Waals surface area contributed by atoms with Gasteiger partial charge in [0.1, 0.15) is 5.82 Å². The third-order valence-corrected chi connectivity index (χ3v) is 7.57. The fourth-order valence-electron chi connectivity index (χ4n) is 3.74. The van der Waals surface area contributed by atoms with Crippen LogP contribution >= 0.6 is 0 Å². The minimum absolute atomic E-state index is 0.227. The van der Waals surface area contributed by atoms with Gasteiger partial charge in [-0.25, -0.2) is 12.8 Å². The molecule has 0 spiro atoms. The number of sulfone groups is 1. The van der Waals surface area contributed by atoms with Crippen molar-refractivity contribution in [1.82, 2.24) is 0 Å². The molecular weight excluding hydrogens is 335 g/mol. The lowest BCUT2D eigenvalue weighted by Crippen LogP contribution is -2.24. The number of halogens is 1. The average molecular weight is 360 g/mol. The number of hydrogen-bond donors (Lipinski definition) is 0. The fraction of sp³-hybridized carbons (Fsp3) is 0.429. The molecule has 2 aromatic rings. The van der Waals surface area contributed by atoms with Crippen molar-refractivity contribution in [2.24, 2.45) is 0 Å². The van der Waals surface area contributed by atoms with Crippen LogP contribution in [0.1, 0.15) is 55.6 Å². The molecule has 2 aromatic carbocycles. The van der Waals surface area contributed by atoms with Crippen LogP contribution in [0.2, 0.25) is 0 Å². The van der Waals surface area contributed by atoms with Crippen molar-refractivity contribution >= 4 is 9.84 Å². The summed E-state index contributed by atoms with van der Waals surface area (Å²) in [5.74, 6) is 0.0889. The topological polar surface area (TPSA) is 34.1 Å². The molecule has 134 valence electrons. The van der Waals surface area contributed by atoms with Crippen molar-refractivity contribution in [3.63, 3.8) is 0 Å². The molecule has 0 bridgehead atoms. The molecule has 1 aliphatic rings. The van der Waals surface area contributed by atoms with Crippen LogP contribution in [0.5, 0.6) is 0 Å². The van der Waals surface area contributed by atoms with E-state index in [1.165, 1.54) is 12.1 Å². The normalized spacial score (nSPS) is 22.2. The van der Waals surface area contributed by atoms with E-state index in [4.69, 9.17) is 0 Å². The standard InChI is InChI=1S/C21H25FO2S/c1-16-6-13-21(14-7-16)25(23,24)20-5-3-2-4-17(10-15-20)18-8-11-19(22)12-9-18/h6-9,11-14,17,20H,2-5,10,15H2,1H3. The molecular formula is C21H25FO2S. The monoisotopic (exact) mass is 360 g/mol. The highest BCUT2D eigenvalue weighted by molar-refractivity contribution is 7.92. The van der Waals surface area contributed by atoms with Crippen LogP contribution in [0.25, 0.3) is 0 Å². The third-order valence-electron chi connectivity index (χ3n) is 5.30. The third kappa shape index (κ3) is 4.30. The first kappa shape index (κ1) is 18.1. The minimum Gasteiger partial charge on any atom is -0.223 e. The molecule has 0 heterocycles. The van der Waals surface area contributed by atoms with E-state index in [1.807, 2.05) is 31.2 Å². The molecule has 0 radical (unpaired) electrons. The lowest BCUT2D eigenvalue weighted by molar-refractivity contribution is 0.448. The number of hydrogen-bond acceptors (Lipinski definition) is 2. The van der Waals surface area contributed by atoms with Crippen LogP contribution in [0.4, 0.5) is 4.39 Å². The van der Waals surface area contributed by atoms with Gasteiger partial charge in [-0.05, 0) is 68.4 Å². The van der Waals surface area contributed by atoms with Gasteiger partial charge in [0.05, 0.1) is 10.1 Å². The summed E-state index contributed by atoms with van der Waals surface area (Å²) in [6.45, 7) is 1.96. The van der Waals surface area contributed by atoms with Crippen LogP contribution in [0.15, 0.2) is 53.4 Å². The van der Waals surface area contributed by atoms with Crippen molar-refractivity contribution in [1.29, 1.82) is 0 Å². The smallest absolute Gasteiger partial charge is 0.181 e. The van der Waals surface area contributed by atoms with Gasteiger partial charge in [-0.2, -0.15) is 0 Å². The molecule has 2 atom stereocenters. The van der Waals surface area contributed by atoms with E-state index in [1.54, 1.807) is 12.1 Å². The van der Waals surface area contributed by atoms with Crippen LogP contribution in [-0.4, -0.2) is 13.7 Å². The van der Waals surface area contributed by atoms with Crippen LogP contribution < -0.4 is 0 Å². The van der Waals surface area contributed by atoms with Crippen molar-refractivity contribution in [2.75, 3.05) is 0 Å². The molecule has 3 rings (SSSR count). The quantitative estimate of drug-likeness (QED) is 0.733. The maximum absolute atomic E-state index is 13.2. The Balaban J connectivity index is 1.77. The van der Waals surface area contributed by atoms with Gasteiger partial charge in [-0.3, -0.25) is 0 Å². The van der Waals surface area contributed by atoms with Gasteiger partial charge in [0.2, 0.25) is 0 Å². The van der Waals surface area contributed by atoms with Crippen molar-refractivity contribution in [2.45, 2.75) is 61.5 Å². The van der Waals surface area contributed by atoms with Crippen molar-refractivity contribution < 1.29 is 12.8 Å². The molecule has 4 heteroatoms. The number of benzene rings is 2. The van der Waals surface area contributed by atoms with Gasteiger partial charge < -0.3 is 0 Å². The van der Waals surface area contributed by atoms with Crippen LogP contribution in [0, 0.1) is 12.7 Å². The molecule has 25 heavy (non-hydrogen) atoms. The number of aryl methyl sites for hydroxylation is 1. The van der Waals surface area contributed by atoms with E-state index in [0.717, 1.165) is 43.2 Å². The Morgan fingerprint density at radius 3 is 2.16 bits per heavy atom. The average Bonchev–Trinajstić information content (AvgIpc) is 2.56. The summed E-state index contributed by atoms with van der Waals surface area (Å²) in [5.41, 5.74) is 2.18. The van der Waals surface area contributed by atoms with Gasteiger partial charge in [-0.1, -0.05) is 42.7 Å². The Kier molecular flexibility index (Phi) is 5.57. The summed E-state index contributed by atoms with van der Waals surface area (Å²) in [7, 11) is -3.29. The fourth-order valence-corrected chi connectivity index (χ4v) is 5.56. The van der Waals surface area contributed by atoms with Crippen molar-refractivity contribution in [3.8, 4) is 0 Å². The second kappa shape index (κ2) is 7.69. The summed E-state index contributed by atoms with van der Waals surface area (Å²) in [6.07, 6.45) is 5.21. The summed E-state index contributed by atoms with van der Waals surface area (Å²) in [6, 6.07) is 13.8. The lowest BCUT2D eigenvalue weighted by atomic mass is 9.86. The molecule has 1 aliphatic carbocycles. The largest absolute Gasteiger partial charge is 0.223 e. The Hall–Kier alpha value is -1.68. The van der Waals surface area contributed by atoms with Gasteiger partial charge in [0.25, 0.3) is 0 Å². The van der Waals surface area contributed by atoms with Gasteiger partial charge in [0.15, 0.2) is 9.84 Å². The second-order valence-electron chi connectivity index (χ2n) is 7.09. The Morgan fingerprint density at radius 1 is 0.840 bits per heavy atom. The lowest BCUT2D eigenvalue weighted by Gasteiger charge is -2.25. The number of rotatable bonds is 3. The van der Waals surface area contributed by atoms with Crippen LogP contribution in [0.3, 0.4) is 0 Å². The summed E-state index contributed by atoms with van der Waals surface area (Å²) >= 11 is 0. The van der Waals surface area contributed by atoms with Gasteiger partial charge in [0, 0.05) is 0 Å². The van der Waals surface area contributed by atoms with E-state index >= 15 is 0 Å². The maximum atomic E-state index is 13.2. The highest BCUT2D eigenvalue weighted by atomic mass is 32.2. The molecule has 0 aromatic heterocycles. The summed E-state index contributed by atoms with van der Waals surface area (Å²) < 4.78 is 39.2. The van der Waals surface area contributed by atoms with E-state index in [0.29, 0.717) is 17.2 Å². The van der Waals surface area contributed by atoms with Gasteiger partial charge >= 0.3 is 0 Å². The first-order valence-electron chi connectivity index (χ1n) is 9.03. The zero-order valence-electron chi connectivity index (χ0n) is 14.6. The molecule has 1 saturated carbocycles. The SMILES string of the molecule is Cc1ccc(S(=O)(=O)C2CCCCC(c3ccc(F)cc3)CC2)cc1. The van der Waals surface area contributed by atoms with Crippen molar-refractivity contribution in [3.05, 3.63) is 65.5 Å². The molecule has 0 amide bonds. The molecule has 1 fully saturated rings. The highest BCUT2D eigenvalue weighted by Gasteiger charge is 2.29. The van der Waals surface area contributed by atoms with E-state index < -0.39 is 9.84 Å². The first-order valence-corrected chi connectivity index (χ1v) is 10.6. The molecule has 0 N–H and O–H groups in total. The van der Waals surface area contributed by atoms with Crippen LogP contribution in [-0.2, 0) is 9.84 Å². The summed E-state index contributed by atoms with van der Waals surface area (Å²) in [4.78, 5) is 0.432. The highest BCUT2D eigenvalue weighted by Crippen LogP contribution is 2.34. The zero-order chi connectivity index (χ0) is 17.9. The van der Waals surface area contributed by atoms with E-state index in [2.05, 4.69) is 0 Å². The minimum atomic E-state index is -3.29. The molecule has 2 nitrogen and oxygen atoms in total. The first-order chi connectivity index (χ1) is 12.0. The predicted octanol–water partition coefficient (Wildman–Crippen LogP) is 5.41. The Bertz CT molecular complexity index is 795. The summed E-state index contributed by atoms with van der Waals surface area (Å²) in [5, 5.41) is -0.321. The predicted molar refractivity (Wildman–Crippen MR) is 99.0 cm³/mol. The molecule has 0 saturated heterocycles. The Morgan fingerprint density at radius 2 is 1.48 bits per heavy atom.